The second-order valence-corrected chi connectivity index (χ2v) is 10.1. The number of rotatable bonds is 4. The summed E-state index contributed by atoms with van der Waals surface area (Å²) in [5.41, 5.74) is 7.21. The summed E-state index contributed by atoms with van der Waals surface area (Å²) in [5, 5.41) is 10.6. The Bertz CT molecular complexity index is 1340. The van der Waals surface area contributed by atoms with Gasteiger partial charge in [0.05, 0.1) is 12.6 Å². The van der Waals surface area contributed by atoms with E-state index in [0.29, 0.717) is 32.5 Å². The normalized spacial score (nSPS) is 21.8. The second kappa shape index (κ2) is 8.46. The summed E-state index contributed by atoms with van der Waals surface area (Å²) in [6.07, 6.45) is 5.91. The predicted molar refractivity (Wildman–Crippen MR) is 134 cm³/mol. The number of H-pyrrole nitrogens is 1. The van der Waals surface area contributed by atoms with Gasteiger partial charge in [-0.15, -0.1) is 0 Å². The van der Waals surface area contributed by atoms with Gasteiger partial charge in [-0.25, -0.2) is 9.37 Å². The number of carbonyl (C=O) groups excluding carboxylic acids is 1. The number of aromatic nitrogens is 2. The van der Waals surface area contributed by atoms with Gasteiger partial charge in [0.25, 0.3) is 0 Å². The molecule has 0 unspecified atom stereocenters. The zero-order chi connectivity index (χ0) is 24.3. The van der Waals surface area contributed by atoms with Gasteiger partial charge in [-0.2, -0.15) is 0 Å². The molecule has 1 saturated carbocycles. The number of nitrogens with one attached hydrogen (secondary N) is 1. The molecular formula is C27H30FN5O2. The van der Waals surface area contributed by atoms with Gasteiger partial charge >= 0.3 is 0 Å². The molecule has 3 aromatic rings. The van der Waals surface area contributed by atoms with Gasteiger partial charge in [-0.05, 0) is 54.7 Å². The summed E-state index contributed by atoms with van der Waals surface area (Å²) >= 11 is 0. The van der Waals surface area contributed by atoms with Crippen molar-refractivity contribution in [2.45, 2.75) is 38.0 Å². The molecule has 4 heterocycles. The average Bonchev–Trinajstić information content (AvgIpc) is 3.14. The molecule has 2 aliphatic heterocycles. The fraction of sp³-hybridized carbons (Fsp3) is 0.407. The van der Waals surface area contributed by atoms with Crippen LogP contribution in [0.15, 0.2) is 36.5 Å². The number of pyridine rings is 1. The highest BCUT2D eigenvalue weighted by atomic mass is 19.1. The van der Waals surface area contributed by atoms with Crippen LogP contribution in [-0.4, -0.2) is 76.7 Å². The van der Waals surface area contributed by atoms with Crippen LogP contribution < -0.4 is 4.90 Å². The lowest BCUT2D eigenvalue weighted by molar-refractivity contribution is -0.136. The number of halogens is 1. The van der Waals surface area contributed by atoms with E-state index in [1.165, 1.54) is 17.2 Å². The Balaban J connectivity index is 1.27. The quantitative estimate of drug-likeness (QED) is 0.605. The Morgan fingerprint density at radius 3 is 2.86 bits per heavy atom. The number of nitrogens with zero attached hydrogens (tertiary/aromatic N) is 4. The van der Waals surface area contributed by atoms with Crippen molar-refractivity contribution >= 4 is 28.2 Å². The predicted octanol–water partition coefficient (Wildman–Crippen LogP) is 3.39. The van der Waals surface area contributed by atoms with Gasteiger partial charge in [0, 0.05) is 73.9 Å². The van der Waals surface area contributed by atoms with Crippen LogP contribution in [0.5, 0.6) is 0 Å². The van der Waals surface area contributed by atoms with E-state index < -0.39 is 0 Å². The fourth-order valence-electron chi connectivity index (χ4n) is 5.68. The summed E-state index contributed by atoms with van der Waals surface area (Å²) in [5.74, 6) is -0.138. The number of anilines is 1. The zero-order valence-electron chi connectivity index (χ0n) is 20.1. The molecule has 2 N–H and O–H groups in total. The molecule has 1 amide bonds. The number of likely N-dealkylation sites (N-methyl/N-ethyl adjacent to an activating group) is 1. The number of aromatic amines is 1. The number of hydrogen-bond donors (Lipinski definition) is 2. The first kappa shape index (κ1) is 22.2. The van der Waals surface area contributed by atoms with Crippen LogP contribution in [0.1, 0.15) is 30.5 Å². The Morgan fingerprint density at radius 1 is 1.29 bits per heavy atom. The second-order valence-electron chi connectivity index (χ2n) is 10.1. The van der Waals surface area contributed by atoms with Crippen LogP contribution >= 0.6 is 0 Å². The number of fused-ring (bicyclic) bond motifs is 2. The molecule has 1 fully saturated rings. The maximum Gasteiger partial charge on any atom is 0.236 e. The molecule has 2 aromatic heterocycles. The first-order valence-electron chi connectivity index (χ1n) is 12.2. The topological polar surface area (TPSA) is 75.7 Å². The Labute approximate surface area is 203 Å². The minimum atomic E-state index is -0.266. The van der Waals surface area contributed by atoms with E-state index in [-0.39, 0.29) is 23.9 Å². The van der Waals surface area contributed by atoms with Gasteiger partial charge in [-0.3, -0.25) is 9.69 Å². The van der Waals surface area contributed by atoms with Crippen molar-refractivity contribution in [3.63, 3.8) is 0 Å². The molecule has 7 nitrogen and oxygen atoms in total. The smallest absolute Gasteiger partial charge is 0.236 e. The third kappa shape index (κ3) is 3.81. The van der Waals surface area contributed by atoms with Gasteiger partial charge in [0.1, 0.15) is 11.5 Å². The Hall–Kier alpha value is -3.23. The zero-order valence-corrected chi connectivity index (χ0v) is 20.1. The van der Waals surface area contributed by atoms with Gasteiger partial charge < -0.3 is 19.9 Å². The SMILES string of the molecule is CN1Cc2c(C3=CCN(CC(=O)N(C)C4CC(O)C4)CC3)[nH]c3nccc(c23)-c2cc(F)ccc21. The maximum atomic E-state index is 14.2. The van der Waals surface area contributed by atoms with Crippen LogP contribution in [-0.2, 0) is 11.3 Å². The van der Waals surface area contributed by atoms with Gasteiger partial charge in [0.2, 0.25) is 5.91 Å². The lowest BCUT2D eigenvalue weighted by Gasteiger charge is -2.39. The highest BCUT2D eigenvalue weighted by Gasteiger charge is 2.33. The monoisotopic (exact) mass is 475 g/mol. The molecule has 35 heavy (non-hydrogen) atoms. The number of carbonyl (C=O) groups is 1. The molecular weight excluding hydrogens is 445 g/mol. The highest BCUT2D eigenvalue weighted by molar-refractivity contribution is 6.02. The van der Waals surface area contributed by atoms with E-state index in [0.717, 1.165) is 46.5 Å². The summed E-state index contributed by atoms with van der Waals surface area (Å²) in [4.78, 5) is 27.0. The van der Waals surface area contributed by atoms with Crippen LogP contribution in [0, 0.1) is 5.82 Å². The van der Waals surface area contributed by atoms with E-state index in [2.05, 4.69) is 25.8 Å². The molecule has 1 aliphatic carbocycles. The average molecular weight is 476 g/mol. The van der Waals surface area contributed by atoms with E-state index in [9.17, 15) is 14.3 Å². The number of hydrogen-bond acceptors (Lipinski definition) is 5. The lowest BCUT2D eigenvalue weighted by atomic mass is 9.88. The third-order valence-corrected chi connectivity index (χ3v) is 7.86. The standard InChI is InChI=1S/C27H30FN5O2/c1-31-14-22-25-20(21-11-17(28)3-4-23(21)31)5-8-29-27(25)30-26(22)16-6-9-33(10-7-16)15-24(35)32(2)18-12-19(34)13-18/h3-6,8,11,18-19,34H,7,9-10,12-15H2,1-2H3,(H,29,30). The molecule has 0 saturated heterocycles. The molecule has 0 atom stereocenters. The molecule has 1 aromatic carbocycles. The maximum absolute atomic E-state index is 14.2. The van der Waals surface area contributed by atoms with Crippen LogP contribution in [0.3, 0.4) is 0 Å². The lowest BCUT2D eigenvalue weighted by Crippen LogP contribution is -2.50. The molecule has 182 valence electrons. The largest absolute Gasteiger partial charge is 0.393 e. The van der Waals surface area contributed by atoms with E-state index in [1.54, 1.807) is 17.2 Å². The molecule has 8 heteroatoms. The number of aliphatic hydroxyl groups excluding tert-OH is 1. The van der Waals surface area contributed by atoms with Crippen molar-refractivity contribution in [1.82, 2.24) is 19.8 Å². The number of benzene rings is 1. The fourth-order valence-corrected chi connectivity index (χ4v) is 5.68. The first-order chi connectivity index (χ1) is 16.9. The Kier molecular flexibility index (Phi) is 5.38. The van der Waals surface area contributed by atoms with E-state index in [4.69, 9.17) is 0 Å². The Morgan fingerprint density at radius 2 is 2.11 bits per heavy atom. The first-order valence-corrected chi connectivity index (χ1v) is 12.2. The van der Waals surface area contributed by atoms with E-state index >= 15 is 0 Å². The minimum absolute atomic E-state index is 0.108. The summed E-state index contributed by atoms with van der Waals surface area (Å²) in [7, 11) is 3.88. The highest BCUT2D eigenvalue weighted by Crippen LogP contribution is 2.43. The molecule has 0 radical (unpaired) electrons. The minimum Gasteiger partial charge on any atom is -0.393 e. The van der Waals surface area contributed by atoms with Crippen LogP contribution in [0.2, 0.25) is 0 Å². The van der Waals surface area contributed by atoms with Crippen molar-refractivity contribution in [3.05, 3.63) is 53.6 Å². The van der Waals surface area contributed by atoms with Crippen LogP contribution in [0.25, 0.3) is 27.7 Å². The summed E-state index contributed by atoms with van der Waals surface area (Å²) in [6, 6.07) is 7.11. The van der Waals surface area contributed by atoms with E-state index in [1.807, 2.05) is 26.2 Å². The van der Waals surface area contributed by atoms with Crippen molar-refractivity contribution in [2.75, 3.05) is 38.6 Å². The van der Waals surface area contributed by atoms with Gasteiger partial charge in [0.15, 0.2) is 0 Å². The van der Waals surface area contributed by atoms with Crippen molar-refractivity contribution in [3.8, 4) is 11.1 Å². The summed E-state index contributed by atoms with van der Waals surface area (Å²) < 4.78 is 14.2. The summed E-state index contributed by atoms with van der Waals surface area (Å²) in [6.45, 7) is 2.60. The van der Waals surface area contributed by atoms with Crippen molar-refractivity contribution in [2.24, 2.45) is 0 Å². The van der Waals surface area contributed by atoms with Gasteiger partial charge in [-0.1, -0.05) is 6.08 Å². The van der Waals surface area contributed by atoms with Crippen molar-refractivity contribution < 1.29 is 14.3 Å². The van der Waals surface area contributed by atoms with Crippen molar-refractivity contribution in [1.29, 1.82) is 0 Å². The number of aliphatic hydroxyl groups is 1. The molecule has 0 bridgehead atoms. The van der Waals surface area contributed by atoms with Crippen LogP contribution in [0.4, 0.5) is 10.1 Å². The molecule has 6 rings (SSSR count). The third-order valence-electron chi connectivity index (χ3n) is 7.86. The number of amides is 1. The molecule has 0 spiro atoms. The molecule has 3 aliphatic rings.